The number of rotatable bonds is 7. The molecule has 3 aromatic rings. The van der Waals surface area contributed by atoms with Crippen LogP contribution in [0, 0.1) is 29.6 Å². The van der Waals surface area contributed by atoms with Gasteiger partial charge in [0.15, 0.2) is 8.32 Å². The van der Waals surface area contributed by atoms with Crippen LogP contribution in [0.3, 0.4) is 0 Å². The maximum atomic E-state index is 13.6. The number of nitrogens with zero attached hydrogens (tertiary/aromatic N) is 5. The van der Waals surface area contributed by atoms with Crippen LogP contribution in [-0.4, -0.2) is 56.3 Å². The smallest absolute Gasteiger partial charge is 0.414 e. The minimum Gasteiger partial charge on any atom is -0.443 e. The van der Waals surface area contributed by atoms with Gasteiger partial charge in [-0.25, -0.2) is 14.8 Å². The molecule has 11 heteroatoms. The summed E-state index contributed by atoms with van der Waals surface area (Å²) in [5.74, 6) is 0.663. The van der Waals surface area contributed by atoms with Gasteiger partial charge in [0.1, 0.15) is 11.7 Å². The van der Waals surface area contributed by atoms with Crippen LogP contribution in [0.5, 0.6) is 0 Å². The van der Waals surface area contributed by atoms with Gasteiger partial charge in [0.05, 0.1) is 28.6 Å². The van der Waals surface area contributed by atoms with Gasteiger partial charge in [-0.3, -0.25) is 4.90 Å². The van der Waals surface area contributed by atoms with Crippen molar-refractivity contribution in [3.05, 3.63) is 64.3 Å². The third-order valence-corrected chi connectivity index (χ3v) is 14.7. The number of anilines is 3. The van der Waals surface area contributed by atoms with Crippen LogP contribution < -0.4 is 10.2 Å². The van der Waals surface area contributed by atoms with Crippen molar-refractivity contribution in [2.45, 2.75) is 103 Å². The fourth-order valence-corrected chi connectivity index (χ4v) is 7.40. The molecule has 2 aromatic carbocycles. The summed E-state index contributed by atoms with van der Waals surface area (Å²) in [6, 6.07) is 14.3. The van der Waals surface area contributed by atoms with E-state index in [0.717, 1.165) is 40.8 Å². The monoisotopic (exact) mass is 694 g/mol. The summed E-state index contributed by atoms with van der Waals surface area (Å²) in [6.07, 6.45) is 2.97. The first-order valence-electron chi connectivity index (χ1n) is 17.3. The number of hydrogen-bond acceptors (Lipinski definition) is 9. The first kappa shape index (κ1) is 37.0. The highest BCUT2D eigenvalue weighted by Crippen LogP contribution is 2.47. The Kier molecular flexibility index (Phi) is 10.2. The number of amides is 1. The van der Waals surface area contributed by atoms with Gasteiger partial charge in [0, 0.05) is 49.2 Å². The zero-order valence-corrected chi connectivity index (χ0v) is 32.2. The second-order valence-electron chi connectivity index (χ2n) is 16.4. The largest absolute Gasteiger partial charge is 0.443 e. The number of carbonyl (C=O) groups excluding carboxylic acids is 1. The Labute approximate surface area is 297 Å². The lowest BCUT2D eigenvalue weighted by Gasteiger charge is -2.39. The Morgan fingerprint density at radius 2 is 1.76 bits per heavy atom. The highest BCUT2D eigenvalue weighted by atomic mass is 28.4. The summed E-state index contributed by atoms with van der Waals surface area (Å²) in [5, 5.41) is 23.8. The van der Waals surface area contributed by atoms with E-state index in [0.29, 0.717) is 60.7 Å². The Balaban J connectivity index is 1.53. The number of ether oxygens (including phenoxy) is 2. The van der Waals surface area contributed by atoms with Crippen molar-refractivity contribution in [1.29, 1.82) is 10.5 Å². The normalized spacial score (nSPS) is 18.3. The van der Waals surface area contributed by atoms with Crippen LogP contribution in [0.2, 0.25) is 18.1 Å². The van der Waals surface area contributed by atoms with Crippen molar-refractivity contribution >= 4 is 31.7 Å². The molecule has 1 atom stereocenters. The van der Waals surface area contributed by atoms with Crippen LogP contribution >= 0.6 is 0 Å². The molecule has 1 fully saturated rings. The molecule has 2 aliphatic rings. The zero-order chi connectivity index (χ0) is 36.6. The molecule has 1 N–H and O–H groups in total. The topological polar surface area (TPSA) is 133 Å². The summed E-state index contributed by atoms with van der Waals surface area (Å²) in [7, 11) is -2.15. The van der Waals surface area contributed by atoms with Crippen molar-refractivity contribution < 1.29 is 18.7 Å². The lowest BCUT2D eigenvalue weighted by atomic mass is 9.83. The summed E-state index contributed by atoms with van der Waals surface area (Å²) < 4.78 is 18.1. The number of hydrogen-bond donors (Lipinski definition) is 1. The molecule has 264 valence electrons. The molecule has 0 saturated carbocycles. The van der Waals surface area contributed by atoms with Gasteiger partial charge in [0.25, 0.3) is 0 Å². The second-order valence-corrected chi connectivity index (χ2v) is 21.2. The second kappa shape index (κ2) is 13.8. The van der Waals surface area contributed by atoms with Crippen LogP contribution in [0.25, 0.3) is 11.3 Å². The Hall–Kier alpha value is -4.29. The predicted molar refractivity (Wildman–Crippen MR) is 198 cm³/mol. The number of nitrogens with one attached hydrogen (secondary N) is 1. The summed E-state index contributed by atoms with van der Waals surface area (Å²) in [6.45, 7) is 22.7. The number of aromatic nitrogens is 2. The standard InChI is InChI=1S/C39H50N6O4Si/c1-25-17-30(26-12-15-47-16-13-26)28(21-40)20-33(25)44-35-42-14-11-32(43-35)27-18-29(22-41)34-31(19-27)39(8,24-48-50(9,10)38(5,6)7)23-45(34)36(46)49-37(2,3)4/h11,14,17-20,26H,12-13,15-16,23-24H2,1-10H3,(H,42,43,44)/t39-/m1/s1. The maximum Gasteiger partial charge on any atom is 0.414 e. The van der Waals surface area contributed by atoms with E-state index in [2.05, 4.69) is 69.3 Å². The number of benzene rings is 2. The first-order valence-corrected chi connectivity index (χ1v) is 20.2. The molecule has 10 nitrogen and oxygen atoms in total. The van der Waals surface area contributed by atoms with Crippen molar-refractivity contribution in [3.8, 4) is 23.4 Å². The first-order chi connectivity index (χ1) is 23.4. The predicted octanol–water partition coefficient (Wildman–Crippen LogP) is 8.87. The maximum absolute atomic E-state index is 13.6. The van der Waals surface area contributed by atoms with Crippen molar-refractivity contribution in [3.63, 3.8) is 0 Å². The lowest BCUT2D eigenvalue weighted by molar-refractivity contribution is 0.0575. The van der Waals surface area contributed by atoms with E-state index >= 15 is 0 Å². The van der Waals surface area contributed by atoms with Gasteiger partial charge in [0.2, 0.25) is 5.95 Å². The number of aryl methyl sites for hydroxylation is 1. The average Bonchev–Trinajstić information content (AvgIpc) is 3.36. The molecule has 3 heterocycles. The molecular weight excluding hydrogens is 645 g/mol. The van der Waals surface area contributed by atoms with Crippen LogP contribution in [0.4, 0.5) is 22.1 Å². The lowest BCUT2D eigenvalue weighted by Crippen LogP contribution is -2.46. The molecule has 2 aliphatic heterocycles. The van der Waals surface area contributed by atoms with Gasteiger partial charge in [-0.15, -0.1) is 0 Å². The van der Waals surface area contributed by atoms with Crippen molar-refractivity contribution in [1.82, 2.24) is 9.97 Å². The molecule has 1 saturated heterocycles. The van der Waals surface area contributed by atoms with Gasteiger partial charge in [-0.2, -0.15) is 10.5 Å². The minimum absolute atomic E-state index is 0.00280. The summed E-state index contributed by atoms with van der Waals surface area (Å²) in [4.78, 5) is 24.5. The zero-order valence-electron chi connectivity index (χ0n) is 31.2. The molecule has 0 bridgehead atoms. The van der Waals surface area contributed by atoms with E-state index in [1.54, 1.807) is 23.2 Å². The summed E-state index contributed by atoms with van der Waals surface area (Å²) >= 11 is 0. The number of nitriles is 2. The van der Waals surface area contributed by atoms with Crippen molar-refractivity contribution in [2.24, 2.45) is 0 Å². The van der Waals surface area contributed by atoms with E-state index in [-0.39, 0.29) is 5.04 Å². The molecule has 0 aliphatic carbocycles. The quantitative estimate of drug-likeness (QED) is 0.241. The third kappa shape index (κ3) is 7.71. The molecule has 50 heavy (non-hydrogen) atoms. The average molecular weight is 695 g/mol. The van der Waals surface area contributed by atoms with Gasteiger partial charge in [-0.05, 0) is 106 Å². The molecule has 0 unspecified atom stereocenters. The fourth-order valence-electron chi connectivity index (χ4n) is 6.29. The van der Waals surface area contributed by atoms with E-state index in [1.807, 2.05) is 39.8 Å². The minimum atomic E-state index is -2.15. The SMILES string of the molecule is Cc1cc(C2CCOCC2)c(C#N)cc1Nc1nccc(-c2cc(C#N)c3c(c2)[C@@](C)(CO[Si](C)(C)C(C)(C)C)CN3C(=O)OC(C)(C)C)n1. The molecule has 1 amide bonds. The molecule has 0 radical (unpaired) electrons. The third-order valence-electron chi connectivity index (χ3n) is 10.2. The van der Waals surface area contributed by atoms with Gasteiger partial charge in [-0.1, -0.05) is 33.8 Å². The van der Waals surface area contributed by atoms with Gasteiger partial charge >= 0.3 is 6.09 Å². The summed E-state index contributed by atoms with van der Waals surface area (Å²) in [5.41, 5.74) is 5.17. The Morgan fingerprint density at radius 3 is 2.38 bits per heavy atom. The molecule has 0 spiro atoms. The fraction of sp³-hybridized carbons (Fsp3) is 0.513. The van der Waals surface area contributed by atoms with Crippen LogP contribution in [-0.2, 0) is 19.3 Å². The van der Waals surface area contributed by atoms with Crippen LogP contribution in [0.1, 0.15) is 95.0 Å². The molecule has 5 rings (SSSR count). The van der Waals surface area contributed by atoms with E-state index in [4.69, 9.17) is 18.9 Å². The van der Waals surface area contributed by atoms with E-state index in [1.165, 1.54) is 0 Å². The van der Waals surface area contributed by atoms with E-state index in [9.17, 15) is 15.3 Å². The highest BCUT2D eigenvalue weighted by molar-refractivity contribution is 6.74. The molecule has 1 aromatic heterocycles. The molecular formula is C39H50N6O4Si. The van der Waals surface area contributed by atoms with Crippen molar-refractivity contribution in [2.75, 3.05) is 36.6 Å². The number of carbonyl (C=O) groups is 1. The van der Waals surface area contributed by atoms with Crippen LogP contribution in [0.15, 0.2) is 36.5 Å². The number of fused-ring (bicyclic) bond motifs is 1. The van der Waals surface area contributed by atoms with Gasteiger partial charge < -0.3 is 19.2 Å². The Bertz CT molecular complexity index is 1860. The highest BCUT2D eigenvalue weighted by Gasteiger charge is 2.47. The van der Waals surface area contributed by atoms with E-state index < -0.39 is 25.4 Å². The Morgan fingerprint density at radius 1 is 1.08 bits per heavy atom.